The fourth-order valence-electron chi connectivity index (χ4n) is 1.65. The summed E-state index contributed by atoms with van der Waals surface area (Å²) in [6.45, 7) is 2.22. The molecule has 0 aliphatic carbocycles. The quantitative estimate of drug-likeness (QED) is 0.775. The van der Waals surface area contributed by atoms with Crippen LogP contribution in [0.1, 0.15) is 18.9 Å². The molecule has 0 bridgehead atoms. The van der Waals surface area contributed by atoms with E-state index in [0.717, 1.165) is 0 Å². The van der Waals surface area contributed by atoms with Crippen molar-refractivity contribution < 1.29 is 0 Å². The molecular formula is C10H12BrN. The fraction of sp³-hybridized carbons (Fsp3) is 0.400. The lowest BCUT2D eigenvalue weighted by molar-refractivity contribution is 0.723. The van der Waals surface area contributed by atoms with Gasteiger partial charge in [0.05, 0.1) is 0 Å². The summed E-state index contributed by atoms with van der Waals surface area (Å²) in [5.41, 5.74) is 2.75. The molecule has 1 N–H and O–H groups in total. The number of halogens is 1. The second-order valence-corrected chi connectivity index (χ2v) is 4.17. The van der Waals surface area contributed by atoms with Crippen molar-refractivity contribution in [3.63, 3.8) is 0 Å². The molecule has 1 nitrogen and oxygen atoms in total. The molecule has 12 heavy (non-hydrogen) atoms. The van der Waals surface area contributed by atoms with Crippen LogP contribution >= 0.6 is 15.9 Å². The first-order chi connectivity index (χ1) is 5.79. The van der Waals surface area contributed by atoms with Gasteiger partial charge in [-0.2, -0.15) is 0 Å². The van der Waals surface area contributed by atoms with E-state index in [4.69, 9.17) is 0 Å². The molecule has 0 aromatic heterocycles. The van der Waals surface area contributed by atoms with Gasteiger partial charge in [-0.25, -0.2) is 0 Å². The van der Waals surface area contributed by atoms with Crippen molar-refractivity contribution in [1.82, 2.24) is 0 Å². The highest BCUT2D eigenvalue weighted by Gasteiger charge is 2.18. The van der Waals surface area contributed by atoms with Crippen LogP contribution in [-0.2, 0) is 6.42 Å². The van der Waals surface area contributed by atoms with Gasteiger partial charge in [0.2, 0.25) is 0 Å². The van der Waals surface area contributed by atoms with Crippen molar-refractivity contribution in [3.05, 3.63) is 28.2 Å². The van der Waals surface area contributed by atoms with Crippen molar-refractivity contribution in [3.8, 4) is 0 Å². The molecule has 1 unspecified atom stereocenters. The molecule has 0 fully saturated rings. The van der Waals surface area contributed by atoms with Crippen LogP contribution in [0.5, 0.6) is 0 Å². The van der Waals surface area contributed by atoms with Gasteiger partial charge in [-0.15, -0.1) is 0 Å². The largest absolute Gasteiger partial charge is 0.382 e. The first-order valence-electron chi connectivity index (χ1n) is 4.34. The van der Waals surface area contributed by atoms with Crippen molar-refractivity contribution in [2.75, 3.05) is 5.32 Å². The third kappa shape index (κ3) is 1.36. The molecule has 0 amide bonds. The van der Waals surface area contributed by atoms with Gasteiger partial charge in [-0.1, -0.05) is 22.9 Å². The monoisotopic (exact) mass is 225 g/mol. The van der Waals surface area contributed by atoms with Crippen LogP contribution in [0.25, 0.3) is 0 Å². The second-order valence-electron chi connectivity index (χ2n) is 3.26. The van der Waals surface area contributed by atoms with Gasteiger partial charge in [0.15, 0.2) is 0 Å². The van der Waals surface area contributed by atoms with Crippen molar-refractivity contribution in [2.45, 2.75) is 25.8 Å². The first kappa shape index (κ1) is 8.11. The number of anilines is 1. The Morgan fingerprint density at radius 3 is 3.17 bits per heavy atom. The number of rotatable bonds is 1. The Labute approximate surface area is 81.3 Å². The zero-order chi connectivity index (χ0) is 8.55. The van der Waals surface area contributed by atoms with Crippen molar-refractivity contribution in [2.24, 2.45) is 0 Å². The molecular weight excluding hydrogens is 214 g/mol. The van der Waals surface area contributed by atoms with Crippen LogP contribution in [0.4, 0.5) is 5.69 Å². The molecule has 1 aromatic carbocycles. The number of fused-ring (bicyclic) bond motifs is 1. The molecule has 1 aliphatic rings. The summed E-state index contributed by atoms with van der Waals surface area (Å²) in [6, 6.07) is 7.09. The lowest BCUT2D eigenvalue weighted by atomic mass is 10.1. The standard InChI is InChI=1S/C10H12BrN/c1-2-9-6-7-5-8(11)3-4-10(7)12-9/h3-5,9,12H,2,6H2,1H3. The van der Waals surface area contributed by atoms with E-state index < -0.39 is 0 Å². The van der Waals surface area contributed by atoms with Crippen LogP contribution < -0.4 is 5.32 Å². The minimum atomic E-state index is 0.647. The predicted octanol–water partition coefficient (Wildman–Crippen LogP) is 3.20. The lowest BCUT2D eigenvalue weighted by Gasteiger charge is -2.05. The molecule has 2 rings (SSSR count). The summed E-state index contributed by atoms with van der Waals surface area (Å²) in [5, 5.41) is 3.49. The zero-order valence-electron chi connectivity index (χ0n) is 7.10. The van der Waals surface area contributed by atoms with E-state index in [0.29, 0.717) is 6.04 Å². The average Bonchev–Trinajstić information content (AvgIpc) is 2.46. The topological polar surface area (TPSA) is 12.0 Å². The molecule has 1 atom stereocenters. The SMILES string of the molecule is CCC1Cc2cc(Br)ccc2N1. The molecule has 0 saturated carbocycles. The third-order valence-corrected chi connectivity index (χ3v) is 2.88. The van der Waals surface area contributed by atoms with E-state index in [-0.39, 0.29) is 0 Å². The number of benzene rings is 1. The predicted molar refractivity (Wildman–Crippen MR) is 55.5 cm³/mol. The van der Waals surface area contributed by atoms with E-state index in [1.807, 2.05) is 0 Å². The Morgan fingerprint density at radius 1 is 1.58 bits per heavy atom. The summed E-state index contributed by atoms with van der Waals surface area (Å²) < 4.78 is 1.18. The third-order valence-electron chi connectivity index (χ3n) is 2.39. The van der Waals surface area contributed by atoms with E-state index in [1.165, 1.54) is 28.6 Å². The van der Waals surface area contributed by atoms with E-state index in [2.05, 4.69) is 46.4 Å². The van der Waals surface area contributed by atoms with Crippen molar-refractivity contribution in [1.29, 1.82) is 0 Å². The fourth-order valence-corrected chi connectivity index (χ4v) is 2.06. The maximum atomic E-state index is 3.49. The molecule has 1 heterocycles. The van der Waals surface area contributed by atoms with E-state index in [1.54, 1.807) is 0 Å². The Balaban J connectivity index is 2.30. The summed E-state index contributed by atoms with van der Waals surface area (Å²) in [4.78, 5) is 0. The average molecular weight is 226 g/mol. The molecule has 0 radical (unpaired) electrons. The zero-order valence-corrected chi connectivity index (χ0v) is 8.69. The van der Waals surface area contributed by atoms with Gasteiger partial charge in [0, 0.05) is 16.2 Å². The van der Waals surface area contributed by atoms with Gasteiger partial charge >= 0.3 is 0 Å². The Kier molecular flexibility index (Phi) is 2.09. The summed E-state index contributed by atoms with van der Waals surface area (Å²) in [6.07, 6.45) is 2.37. The van der Waals surface area contributed by atoms with E-state index in [9.17, 15) is 0 Å². The second kappa shape index (κ2) is 3.09. The Bertz CT molecular complexity index is 296. The maximum absolute atomic E-state index is 3.49. The maximum Gasteiger partial charge on any atom is 0.0376 e. The highest BCUT2D eigenvalue weighted by Crippen LogP contribution is 2.29. The van der Waals surface area contributed by atoms with Gasteiger partial charge in [0.1, 0.15) is 0 Å². The molecule has 1 aromatic rings. The molecule has 64 valence electrons. The minimum absolute atomic E-state index is 0.647. The Morgan fingerprint density at radius 2 is 2.42 bits per heavy atom. The highest BCUT2D eigenvalue weighted by molar-refractivity contribution is 9.10. The first-order valence-corrected chi connectivity index (χ1v) is 5.14. The smallest absolute Gasteiger partial charge is 0.0376 e. The normalized spacial score (nSPS) is 20.3. The number of hydrogen-bond donors (Lipinski definition) is 1. The summed E-state index contributed by atoms with van der Waals surface area (Å²) in [7, 11) is 0. The number of nitrogens with one attached hydrogen (secondary N) is 1. The van der Waals surface area contributed by atoms with Crippen LogP contribution in [0, 0.1) is 0 Å². The van der Waals surface area contributed by atoms with Crippen LogP contribution in [0.3, 0.4) is 0 Å². The molecule has 1 aliphatic heterocycles. The van der Waals surface area contributed by atoms with Crippen molar-refractivity contribution >= 4 is 21.6 Å². The van der Waals surface area contributed by atoms with Gasteiger partial charge in [-0.3, -0.25) is 0 Å². The van der Waals surface area contributed by atoms with Gasteiger partial charge in [-0.05, 0) is 36.6 Å². The van der Waals surface area contributed by atoms with Crippen LogP contribution in [0.2, 0.25) is 0 Å². The van der Waals surface area contributed by atoms with Crippen LogP contribution in [-0.4, -0.2) is 6.04 Å². The lowest BCUT2D eigenvalue weighted by Crippen LogP contribution is -2.12. The van der Waals surface area contributed by atoms with Gasteiger partial charge < -0.3 is 5.32 Å². The summed E-state index contributed by atoms with van der Waals surface area (Å²) >= 11 is 3.48. The summed E-state index contributed by atoms with van der Waals surface area (Å²) in [5.74, 6) is 0. The molecule has 0 spiro atoms. The minimum Gasteiger partial charge on any atom is -0.382 e. The highest BCUT2D eigenvalue weighted by atomic mass is 79.9. The Hall–Kier alpha value is -0.500. The van der Waals surface area contributed by atoms with Gasteiger partial charge in [0.25, 0.3) is 0 Å². The molecule has 2 heteroatoms. The van der Waals surface area contributed by atoms with E-state index >= 15 is 0 Å². The van der Waals surface area contributed by atoms with Crippen LogP contribution in [0.15, 0.2) is 22.7 Å². The number of hydrogen-bond acceptors (Lipinski definition) is 1. The molecule has 0 saturated heterocycles.